The maximum absolute atomic E-state index is 11.6. The zero-order valence-electron chi connectivity index (χ0n) is 18.8. The van der Waals surface area contributed by atoms with Crippen molar-refractivity contribution < 1.29 is 9.53 Å². The summed E-state index contributed by atoms with van der Waals surface area (Å²) < 4.78 is 5.33. The number of carbonyl (C=O) groups is 1. The molecule has 0 aliphatic rings. The number of esters is 1. The van der Waals surface area contributed by atoms with Gasteiger partial charge in [-0.2, -0.15) is 0 Å². The van der Waals surface area contributed by atoms with Gasteiger partial charge in [-0.25, -0.2) is 0 Å². The summed E-state index contributed by atoms with van der Waals surface area (Å²) in [5.41, 5.74) is 5.16. The number of ether oxygens (including phenoxy) is 1. The van der Waals surface area contributed by atoms with Crippen molar-refractivity contribution in [2.24, 2.45) is 5.73 Å². The molecule has 0 spiro atoms. The molecule has 3 heteroatoms. The molecule has 0 bridgehead atoms. The molecule has 0 unspecified atom stereocenters. The van der Waals surface area contributed by atoms with Crippen LogP contribution in [0, 0.1) is 0 Å². The number of hydrogen-bond acceptors (Lipinski definition) is 3. The Morgan fingerprint density at radius 1 is 0.593 bits per heavy atom. The van der Waals surface area contributed by atoms with E-state index in [0.29, 0.717) is 6.42 Å². The van der Waals surface area contributed by atoms with Gasteiger partial charge < -0.3 is 10.5 Å². The van der Waals surface area contributed by atoms with Crippen LogP contribution in [0.25, 0.3) is 0 Å². The van der Waals surface area contributed by atoms with Crippen molar-refractivity contribution in [1.29, 1.82) is 0 Å². The minimum Gasteiger partial charge on any atom is -0.460 e. The van der Waals surface area contributed by atoms with Crippen molar-refractivity contribution in [2.75, 3.05) is 6.54 Å². The van der Waals surface area contributed by atoms with Gasteiger partial charge in [0, 0.05) is 6.42 Å². The molecule has 0 heterocycles. The Labute approximate surface area is 170 Å². The van der Waals surface area contributed by atoms with Crippen LogP contribution in [-0.4, -0.2) is 18.1 Å². The molecule has 3 nitrogen and oxygen atoms in total. The van der Waals surface area contributed by atoms with Gasteiger partial charge in [-0.15, -0.1) is 0 Å². The molecule has 0 aromatic rings. The predicted octanol–water partition coefficient (Wildman–Crippen LogP) is 7.31. The monoisotopic (exact) mass is 383 g/mol. The normalized spacial score (nSPS) is 11.7. The highest BCUT2D eigenvalue weighted by atomic mass is 16.6. The molecule has 0 aliphatic carbocycles. The molecule has 0 aromatic carbocycles. The first-order chi connectivity index (χ1) is 13.0. The van der Waals surface area contributed by atoms with Gasteiger partial charge in [-0.3, -0.25) is 4.79 Å². The SMILES string of the molecule is CC(C)(C)OC(=O)CCCCCCCCCCCCCCCCCCCN. The standard InChI is InChI=1S/C24H49NO2/c1-24(2,3)27-23(26)21-19-17-15-13-11-9-7-5-4-6-8-10-12-14-16-18-20-22-25/h4-22,25H2,1-3H3. The van der Waals surface area contributed by atoms with E-state index in [1.165, 1.54) is 96.3 Å². The lowest BCUT2D eigenvalue weighted by molar-refractivity contribution is -0.154. The smallest absolute Gasteiger partial charge is 0.306 e. The van der Waals surface area contributed by atoms with Gasteiger partial charge in [-0.1, -0.05) is 96.3 Å². The van der Waals surface area contributed by atoms with Crippen molar-refractivity contribution in [2.45, 2.75) is 142 Å². The van der Waals surface area contributed by atoms with E-state index in [1.807, 2.05) is 20.8 Å². The fraction of sp³-hybridized carbons (Fsp3) is 0.958. The van der Waals surface area contributed by atoms with E-state index < -0.39 is 0 Å². The predicted molar refractivity (Wildman–Crippen MR) is 118 cm³/mol. The number of hydrogen-bond donors (Lipinski definition) is 1. The fourth-order valence-electron chi connectivity index (χ4n) is 3.46. The first-order valence-electron chi connectivity index (χ1n) is 11.9. The van der Waals surface area contributed by atoms with Gasteiger partial charge in [0.05, 0.1) is 0 Å². The van der Waals surface area contributed by atoms with Gasteiger partial charge in [0.15, 0.2) is 0 Å². The summed E-state index contributed by atoms with van der Waals surface area (Å²) in [6, 6.07) is 0. The molecule has 0 saturated heterocycles. The van der Waals surface area contributed by atoms with Crippen molar-refractivity contribution >= 4 is 5.97 Å². The summed E-state index contributed by atoms with van der Waals surface area (Å²) in [5.74, 6) is -0.0471. The van der Waals surface area contributed by atoms with Crippen molar-refractivity contribution in [3.8, 4) is 0 Å². The van der Waals surface area contributed by atoms with Crippen LogP contribution in [0.5, 0.6) is 0 Å². The van der Waals surface area contributed by atoms with Gasteiger partial charge in [0.25, 0.3) is 0 Å². The number of carbonyl (C=O) groups excluding carboxylic acids is 1. The van der Waals surface area contributed by atoms with E-state index in [0.717, 1.165) is 19.4 Å². The number of nitrogens with two attached hydrogens (primary N) is 1. The van der Waals surface area contributed by atoms with E-state index in [2.05, 4.69) is 0 Å². The second-order valence-electron chi connectivity index (χ2n) is 9.14. The molecule has 0 atom stereocenters. The highest BCUT2D eigenvalue weighted by molar-refractivity contribution is 5.69. The van der Waals surface area contributed by atoms with Gasteiger partial charge in [0.2, 0.25) is 0 Å². The van der Waals surface area contributed by atoms with Crippen LogP contribution < -0.4 is 5.73 Å². The molecule has 0 aromatic heterocycles. The summed E-state index contributed by atoms with van der Waals surface area (Å²) in [6.45, 7) is 6.64. The maximum Gasteiger partial charge on any atom is 0.306 e. The molecular weight excluding hydrogens is 334 g/mol. The minimum absolute atomic E-state index is 0.0471. The Kier molecular flexibility index (Phi) is 18.4. The highest BCUT2D eigenvalue weighted by Gasteiger charge is 2.15. The Balaban J connectivity index is 3.12. The second kappa shape index (κ2) is 18.8. The first-order valence-corrected chi connectivity index (χ1v) is 11.9. The molecule has 0 aliphatic heterocycles. The minimum atomic E-state index is -0.346. The van der Waals surface area contributed by atoms with Gasteiger partial charge >= 0.3 is 5.97 Å². The fourth-order valence-corrected chi connectivity index (χ4v) is 3.46. The zero-order chi connectivity index (χ0) is 20.2. The Morgan fingerprint density at radius 2 is 0.889 bits per heavy atom. The summed E-state index contributed by atoms with van der Waals surface area (Å²) >= 11 is 0. The van der Waals surface area contributed by atoms with Crippen molar-refractivity contribution in [1.82, 2.24) is 0 Å². The largest absolute Gasteiger partial charge is 0.460 e. The van der Waals surface area contributed by atoms with E-state index >= 15 is 0 Å². The zero-order valence-corrected chi connectivity index (χ0v) is 18.8. The van der Waals surface area contributed by atoms with E-state index in [-0.39, 0.29) is 11.6 Å². The maximum atomic E-state index is 11.6. The lowest BCUT2D eigenvalue weighted by atomic mass is 10.0. The average Bonchev–Trinajstić information content (AvgIpc) is 2.59. The van der Waals surface area contributed by atoms with E-state index in [9.17, 15) is 4.79 Å². The lowest BCUT2D eigenvalue weighted by Gasteiger charge is -2.19. The molecule has 0 rings (SSSR count). The van der Waals surface area contributed by atoms with E-state index in [4.69, 9.17) is 10.5 Å². The first kappa shape index (κ1) is 26.4. The third-order valence-electron chi connectivity index (χ3n) is 5.01. The molecule has 0 radical (unpaired) electrons. The molecule has 27 heavy (non-hydrogen) atoms. The van der Waals surface area contributed by atoms with Crippen LogP contribution in [0.2, 0.25) is 0 Å². The Morgan fingerprint density at radius 3 is 1.19 bits per heavy atom. The van der Waals surface area contributed by atoms with Crippen LogP contribution in [0.1, 0.15) is 136 Å². The summed E-state index contributed by atoms with van der Waals surface area (Å²) in [4.78, 5) is 11.6. The van der Waals surface area contributed by atoms with Crippen LogP contribution in [0.15, 0.2) is 0 Å². The molecule has 2 N–H and O–H groups in total. The third-order valence-corrected chi connectivity index (χ3v) is 5.01. The summed E-state index contributed by atoms with van der Waals surface area (Å²) in [7, 11) is 0. The lowest BCUT2D eigenvalue weighted by Crippen LogP contribution is -2.23. The van der Waals surface area contributed by atoms with Gasteiger partial charge in [0.1, 0.15) is 5.60 Å². The summed E-state index contributed by atoms with van der Waals surface area (Å²) in [5, 5.41) is 0. The van der Waals surface area contributed by atoms with Gasteiger partial charge in [-0.05, 0) is 40.2 Å². The second-order valence-corrected chi connectivity index (χ2v) is 9.14. The van der Waals surface area contributed by atoms with E-state index in [1.54, 1.807) is 0 Å². The highest BCUT2D eigenvalue weighted by Crippen LogP contribution is 2.15. The molecule has 0 fully saturated rings. The van der Waals surface area contributed by atoms with Crippen LogP contribution >= 0.6 is 0 Å². The number of rotatable bonds is 19. The molecular formula is C24H49NO2. The molecule has 0 saturated carbocycles. The average molecular weight is 384 g/mol. The van der Waals surface area contributed by atoms with Crippen molar-refractivity contribution in [3.63, 3.8) is 0 Å². The molecule has 162 valence electrons. The Bertz CT molecular complexity index is 323. The van der Waals surface area contributed by atoms with Crippen LogP contribution in [-0.2, 0) is 9.53 Å². The quantitative estimate of drug-likeness (QED) is 0.188. The summed E-state index contributed by atoms with van der Waals surface area (Å²) in [6.07, 6.45) is 23.2. The third kappa shape index (κ3) is 23.4. The van der Waals surface area contributed by atoms with Crippen LogP contribution in [0.4, 0.5) is 0 Å². The number of unbranched alkanes of at least 4 members (excludes halogenated alkanes) is 16. The Hall–Kier alpha value is -0.570. The van der Waals surface area contributed by atoms with Crippen molar-refractivity contribution in [3.05, 3.63) is 0 Å². The topological polar surface area (TPSA) is 52.3 Å². The van der Waals surface area contributed by atoms with Crippen LogP contribution in [0.3, 0.4) is 0 Å². The molecule has 0 amide bonds.